The summed E-state index contributed by atoms with van der Waals surface area (Å²) in [6.07, 6.45) is 6.92. The van der Waals surface area contributed by atoms with Crippen LogP contribution in [0, 0.1) is 19.8 Å². The Morgan fingerprint density at radius 1 is 1.03 bits per heavy atom. The molecular weight excluding hydrogens is 414 g/mol. The van der Waals surface area contributed by atoms with Gasteiger partial charge in [0, 0.05) is 38.0 Å². The highest BCUT2D eigenvalue weighted by atomic mass is 32.2. The summed E-state index contributed by atoms with van der Waals surface area (Å²) in [5.74, 6) is -0.317. The molecule has 3 rings (SSSR count). The molecule has 0 bridgehead atoms. The zero-order valence-electron chi connectivity index (χ0n) is 18.7. The SMILES string of the molecule is Cc1ccc(S(=O)(=O)N2CCC(C(=O)NCCC(=O)NC3CCCCC3)CC2)c(C)c1. The van der Waals surface area contributed by atoms with Crippen LogP contribution in [0.15, 0.2) is 23.1 Å². The highest BCUT2D eigenvalue weighted by Crippen LogP contribution is 2.26. The van der Waals surface area contributed by atoms with Crippen LogP contribution in [0.1, 0.15) is 62.5 Å². The van der Waals surface area contributed by atoms with Crippen LogP contribution in [0.2, 0.25) is 0 Å². The first kappa shape index (κ1) is 23.7. The van der Waals surface area contributed by atoms with Crippen LogP contribution >= 0.6 is 0 Å². The zero-order valence-corrected chi connectivity index (χ0v) is 19.5. The first-order chi connectivity index (χ1) is 14.8. The molecule has 1 aromatic carbocycles. The van der Waals surface area contributed by atoms with Crippen molar-refractivity contribution in [2.75, 3.05) is 19.6 Å². The van der Waals surface area contributed by atoms with Gasteiger partial charge in [-0.25, -0.2) is 8.42 Å². The summed E-state index contributed by atoms with van der Waals surface area (Å²) in [6, 6.07) is 5.62. The molecule has 31 heavy (non-hydrogen) atoms. The molecule has 2 fully saturated rings. The number of rotatable bonds is 7. The second-order valence-corrected chi connectivity index (χ2v) is 10.8. The highest BCUT2D eigenvalue weighted by Gasteiger charge is 2.32. The van der Waals surface area contributed by atoms with Crippen molar-refractivity contribution in [2.45, 2.75) is 76.2 Å². The van der Waals surface area contributed by atoms with E-state index in [4.69, 9.17) is 0 Å². The number of carbonyl (C=O) groups excluding carboxylic acids is 2. The largest absolute Gasteiger partial charge is 0.355 e. The second-order valence-electron chi connectivity index (χ2n) is 8.89. The lowest BCUT2D eigenvalue weighted by Gasteiger charge is -2.31. The lowest BCUT2D eigenvalue weighted by molar-refractivity contribution is -0.126. The third-order valence-electron chi connectivity index (χ3n) is 6.39. The molecule has 2 aliphatic rings. The molecule has 0 aromatic heterocycles. The molecule has 8 heteroatoms. The lowest BCUT2D eigenvalue weighted by atomic mass is 9.95. The molecular formula is C23H35N3O4S. The van der Waals surface area contributed by atoms with Gasteiger partial charge in [-0.15, -0.1) is 0 Å². The van der Waals surface area contributed by atoms with Crippen LogP contribution in [-0.2, 0) is 19.6 Å². The van der Waals surface area contributed by atoms with E-state index in [1.165, 1.54) is 23.6 Å². The van der Waals surface area contributed by atoms with E-state index in [1.807, 2.05) is 26.0 Å². The molecule has 1 saturated heterocycles. The Bertz CT molecular complexity index is 886. The minimum absolute atomic E-state index is 0.0124. The minimum Gasteiger partial charge on any atom is -0.355 e. The Morgan fingerprint density at radius 2 is 1.71 bits per heavy atom. The van der Waals surface area contributed by atoms with Gasteiger partial charge in [-0.1, -0.05) is 37.0 Å². The molecule has 1 aromatic rings. The van der Waals surface area contributed by atoms with Gasteiger partial charge in [0.05, 0.1) is 4.90 Å². The first-order valence-corrected chi connectivity index (χ1v) is 12.9. The number of hydrogen-bond acceptors (Lipinski definition) is 4. The lowest BCUT2D eigenvalue weighted by Crippen LogP contribution is -2.44. The summed E-state index contributed by atoms with van der Waals surface area (Å²) in [7, 11) is -3.55. The number of nitrogens with zero attached hydrogens (tertiary/aromatic N) is 1. The molecule has 1 aliphatic carbocycles. The summed E-state index contributed by atoms with van der Waals surface area (Å²) in [6.45, 7) is 4.72. The fraction of sp³-hybridized carbons (Fsp3) is 0.652. The number of nitrogens with one attached hydrogen (secondary N) is 2. The van der Waals surface area contributed by atoms with Crippen LogP contribution in [0.25, 0.3) is 0 Å². The molecule has 2 amide bonds. The van der Waals surface area contributed by atoms with Gasteiger partial charge in [0.25, 0.3) is 0 Å². The number of amides is 2. The molecule has 172 valence electrons. The monoisotopic (exact) mass is 449 g/mol. The smallest absolute Gasteiger partial charge is 0.243 e. The second kappa shape index (κ2) is 10.6. The molecule has 0 atom stereocenters. The van der Waals surface area contributed by atoms with Crippen molar-refractivity contribution in [3.63, 3.8) is 0 Å². The topological polar surface area (TPSA) is 95.6 Å². The van der Waals surface area contributed by atoms with Crippen molar-refractivity contribution in [3.05, 3.63) is 29.3 Å². The van der Waals surface area contributed by atoms with Gasteiger partial charge in [0.1, 0.15) is 0 Å². The quantitative estimate of drug-likeness (QED) is 0.669. The minimum atomic E-state index is -3.55. The van der Waals surface area contributed by atoms with Crippen molar-refractivity contribution in [1.82, 2.24) is 14.9 Å². The van der Waals surface area contributed by atoms with Crippen molar-refractivity contribution >= 4 is 21.8 Å². The Labute approximate surface area is 186 Å². The van der Waals surface area contributed by atoms with Crippen molar-refractivity contribution < 1.29 is 18.0 Å². The molecule has 1 saturated carbocycles. The summed E-state index contributed by atoms with van der Waals surface area (Å²) < 4.78 is 27.5. The van der Waals surface area contributed by atoms with Gasteiger partial charge in [0.15, 0.2) is 0 Å². The first-order valence-electron chi connectivity index (χ1n) is 11.4. The van der Waals surface area contributed by atoms with E-state index in [-0.39, 0.29) is 30.2 Å². The number of aryl methyl sites for hydroxylation is 2. The number of carbonyl (C=O) groups is 2. The van der Waals surface area contributed by atoms with Crippen molar-refractivity contribution in [2.24, 2.45) is 5.92 Å². The number of piperidine rings is 1. The van der Waals surface area contributed by atoms with E-state index >= 15 is 0 Å². The van der Waals surface area contributed by atoms with E-state index in [1.54, 1.807) is 6.07 Å². The Morgan fingerprint density at radius 3 is 2.35 bits per heavy atom. The van der Waals surface area contributed by atoms with Gasteiger partial charge in [-0.2, -0.15) is 4.31 Å². The van der Waals surface area contributed by atoms with E-state index in [9.17, 15) is 18.0 Å². The van der Waals surface area contributed by atoms with Crippen LogP contribution < -0.4 is 10.6 Å². The molecule has 0 radical (unpaired) electrons. The van der Waals surface area contributed by atoms with Crippen LogP contribution in [0.3, 0.4) is 0 Å². The predicted octanol–water partition coefficient (Wildman–Crippen LogP) is 2.66. The summed E-state index contributed by atoms with van der Waals surface area (Å²) in [5.41, 5.74) is 1.77. The third kappa shape index (κ3) is 6.29. The number of hydrogen-bond donors (Lipinski definition) is 2. The van der Waals surface area contributed by atoms with Gasteiger partial charge in [0.2, 0.25) is 21.8 Å². The maximum atomic E-state index is 13.0. The van der Waals surface area contributed by atoms with Gasteiger partial charge < -0.3 is 10.6 Å². The number of sulfonamides is 1. The maximum Gasteiger partial charge on any atom is 0.243 e. The molecule has 7 nitrogen and oxygen atoms in total. The molecule has 1 aliphatic heterocycles. The van der Waals surface area contributed by atoms with Crippen molar-refractivity contribution in [3.8, 4) is 0 Å². The van der Waals surface area contributed by atoms with E-state index in [0.717, 1.165) is 24.0 Å². The predicted molar refractivity (Wildman–Crippen MR) is 120 cm³/mol. The fourth-order valence-corrected chi connectivity index (χ4v) is 6.25. The Hall–Kier alpha value is -1.93. The van der Waals surface area contributed by atoms with Crippen LogP contribution in [0.5, 0.6) is 0 Å². The van der Waals surface area contributed by atoms with Gasteiger partial charge >= 0.3 is 0 Å². The van der Waals surface area contributed by atoms with E-state index in [0.29, 0.717) is 37.4 Å². The molecule has 0 unspecified atom stereocenters. The highest BCUT2D eigenvalue weighted by molar-refractivity contribution is 7.89. The summed E-state index contributed by atoms with van der Waals surface area (Å²) in [4.78, 5) is 24.9. The molecule has 1 heterocycles. The summed E-state index contributed by atoms with van der Waals surface area (Å²) in [5, 5.41) is 5.91. The van der Waals surface area contributed by atoms with Crippen LogP contribution in [-0.4, -0.2) is 50.2 Å². The zero-order chi connectivity index (χ0) is 22.4. The average Bonchev–Trinajstić information content (AvgIpc) is 2.74. The van der Waals surface area contributed by atoms with E-state index in [2.05, 4.69) is 10.6 Å². The number of benzene rings is 1. The fourth-order valence-electron chi connectivity index (χ4n) is 4.58. The van der Waals surface area contributed by atoms with E-state index < -0.39 is 10.0 Å². The molecule has 2 N–H and O–H groups in total. The van der Waals surface area contributed by atoms with Gasteiger partial charge in [-0.3, -0.25) is 9.59 Å². The maximum absolute atomic E-state index is 13.0. The standard InChI is InChI=1S/C23H35N3O4S/c1-17-8-9-21(18(2)16-17)31(29,30)26-14-11-19(12-15-26)23(28)24-13-10-22(27)25-20-6-4-3-5-7-20/h8-9,16,19-20H,3-7,10-15H2,1-2H3,(H,24,28)(H,25,27). The normalized spacial score (nSPS) is 19.2. The summed E-state index contributed by atoms with van der Waals surface area (Å²) >= 11 is 0. The van der Waals surface area contributed by atoms with Crippen molar-refractivity contribution in [1.29, 1.82) is 0 Å². The van der Waals surface area contributed by atoms with Gasteiger partial charge in [-0.05, 0) is 51.2 Å². The Balaban J connectivity index is 1.42. The molecule has 0 spiro atoms. The third-order valence-corrected chi connectivity index (χ3v) is 8.45. The van der Waals surface area contributed by atoms with Crippen LogP contribution in [0.4, 0.5) is 0 Å². The Kier molecular flexibility index (Phi) is 8.11. The average molecular weight is 450 g/mol.